The number of nitrogens with zero attached hydrogens (tertiary/aromatic N) is 3. The van der Waals surface area contributed by atoms with Gasteiger partial charge in [0.05, 0.1) is 16.7 Å². The molecule has 4 rings (SSSR count). The second kappa shape index (κ2) is 6.60. The molecular weight excluding hydrogens is 376 g/mol. The van der Waals surface area contributed by atoms with E-state index in [1.54, 1.807) is 16.9 Å². The third-order valence-electron chi connectivity index (χ3n) is 4.93. The number of nitrogens with one attached hydrogen (secondary N) is 2. The predicted molar refractivity (Wildman–Crippen MR) is 98.0 cm³/mol. The second-order valence-corrected chi connectivity index (χ2v) is 7.37. The third-order valence-corrected chi connectivity index (χ3v) is 5.23. The number of alkyl halides is 2. The van der Waals surface area contributed by atoms with E-state index >= 15 is 0 Å². The molecule has 0 spiro atoms. The second-order valence-electron chi connectivity index (χ2n) is 6.96. The molecule has 27 heavy (non-hydrogen) atoms. The average molecular weight is 394 g/mol. The maximum absolute atomic E-state index is 13.3. The number of fused-ring (bicyclic) bond motifs is 1. The summed E-state index contributed by atoms with van der Waals surface area (Å²) in [5, 5.41) is 14.9. The van der Waals surface area contributed by atoms with Crippen LogP contribution >= 0.6 is 11.6 Å². The van der Waals surface area contributed by atoms with Crippen LogP contribution in [0.15, 0.2) is 24.5 Å². The number of benzene rings is 1. The molecule has 0 radical (unpaired) electrons. The van der Waals surface area contributed by atoms with E-state index in [0.29, 0.717) is 15.9 Å². The van der Waals surface area contributed by atoms with E-state index in [-0.39, 0.29) is 37.4 Å². The molecule has 0 bridgehead atoms. The Balaban J connectivity index is 1.62. The standard InChI is InChI=1S/C18H18ClF2N5O/c1-26-9-11(8-22-26)10-6-13-15(14(19)7-10)24-25-16(13)17(27)23-12-2-4-18(20,21)5-3-12/h6-9,12H,2-5H2,1H3,(H,23,27)(H,24,25). The first-order chi connectivity index (χ1) is 12.8. The summed E-state index contributed by atoms with van der Waals surface area (Å²) in [6, 6.07) is 3.33. The third kappa shape index (κ3) is 3.53. The molecule has 0 aliphatic heterocycles. The molecule has 0 saturated heterocycles. The van der Waals surface area contributed by atoms with Crippen molar-refractivity contribution >= 4 is 28.4 Å². The number of carbonyl (C=O) groups excluding carboxylic acids is 1. The predicted octanol–water partition coefficient (Wildman–Crippen LogP) is 3.92. The number of H-pyrrole nitrogens is 1. The van der Waals surface area contributed by atoms with E-state index in [9.17, 15) is 13.6 Å². The molecule has 1 aliphatic carbocycles. The number of halogens is 3. The first kappa shape index (κ1) is 17.9. The minimum Gasteiger partial charge on any atom is -0.348 e. The maximum atomic E-state index is 13.3. The zero-order chi connectivity index (χ0) is 19.2. The molecule has 1 saturated carbocycles. The topological polar surface area (TPSA) is 75.6 Å². The van der Waals surface area contributed by atoms with Crippen molar-refractivity contribution in [3.63, 3.8) is 0 Å². The quantitative estimate of drug-likeness (QED) is 0.708. The van der Waals surface area contributed by atoms with Crippen LogP contribution in [-0.2, 0) is 7.05 Å². The molecule has 0 atom stereocenters. The summed E-state index contributed by atoms with van der Waals surface area (Å²) in [6.45, 7) is 0. The van der Waals surface area contributed by atoms with Gasteiger partial charge in [0.15, 0.2) is 5.69 Å². The molecule has 142 valence electrons. The van der Waals surface area contributed by atoms with Gasteiger partial charge in [-0.05, 0) is 30.5 Å². The number of carbonyl (C=O) groups is 1. The highest BCUT2D eigenvalue weighted by atomic mass is 35.5. The zero-order valence-corrected chi connectivity index (χ0v) is 15.4. The summed E-state index contributed by atoms with van der Waals surface area (Å²) < 4.78 is 28.3. The Labute approximate surface area is 158 Å². The van der Waals surface area contributed by atoms with Crippen molar-refractivity contribution in [1.82, 2.24) is 25.3 Å². The lowest BCUT2D eigenvalue weighted by Gasteiger charge is -2.28. The maximum Gasteiger partial charge on any atom is 0.272 e. The molecule has 1 aromatic carbocycles. The van der Waals surface area contributed by atoms with Crippen molar-refractivity contribution in [2.45, 2.75) is 37.6 Å². The smallest absolute Gasteiger partial charge is 0.272 e. The fourth-order valence-electron chi connectivity index (χ4n) is 3.43. The summed E-state index contributed by atoms with van der Waals surface area (Å²) in [5.41, 5.74) is 2.44. The summed E-state index contributed by atoms with van der Waals surface area (Å²) in [7, 11) is 1.81. The molecule has 9 heteroatoms. The van der Waals surface area contributed by atoms with Gasteiger partial charge in [0.25, 0.3) is 5.91 Å². The van der Waals surface area contributed by atoms with Crippen molar-refractivity contribution in [1.29, 1.82) is 0 Å². The van der Waals surface area contributed by atoms with Crippen LogP contribution in [0.25, 0.3) is 22.0 Å². The molecular formula is C18H18ClF2N5O. The van der Waals surface area contributed by atoms with Crippen LogP contribution < -0.4 is 5.32 Å². The largest absolute Gasteiger partial charge is 0.348 e. The SMILES string of the molecule is Cn1cc(-c2cc(Cl)c3[nH]nc(C(=O)NC4CCC(F)(F)CC4)c3c2)cn1. The van der Waals surface area contributed by atoms with E-state index in [4.69, 9.17) is 11.6 Å². The molecule has 1 aliphatic rings. The van der Waals surface area contributed by atoms with E-state index in [1.165, 1.54) is 0 Å². The van der Waals surface area contributed by atoms with Gasteiger partial charge in [0, 0.05) is 43.1 Å². The Morgan fingerprint density at radius 2 is 2.07 bits per heavy atom. The number of aromatic amines is 1. The summed E-state index contributed by atoms with van der Waals surface area (Å²) in [6.07, 6.45) is 3.64. The summed E-state index contributed by atoms with van der Waals surface area (Å²) in [4.78, 5) is 12.7. The molecule has 1 fully saturated rings. The number of hydrogen-bond acceptors (Lipinski definition) is 3. The van der Waals surface area contributed by atoms with Crippen molar-refractivity contribution in [2.24, 2.45) is 7.05 Å². The van der Waals surface area contributed by atoms with Gasteiger partial charge in [0.2, 0.25) is 5.92 Å². The minimum atomic E-state index is -2.63. The molecule has 2 aromatic heterocycles. The van der Waals surface area contributed by atoms with Gasteiger partial charge in [-0.15, -0.1) is 0 Å². The van der Waals surface area contributed by atoms with E-state index in [2.05, 4.69) is 20.6 Å². The van der Waals surface area contributed by atoms with Crippen LogP contribution in [0, 0.1) is 0 Å². The lowest BCUT2D eigenvalue weighted by atomic mass is 9.92. The fraction of sp³-hybridized carbons (Fsp3) is 0.389. The summed E-state index contributed by atoms with van der Waals surface area (Å²) >= 11 is 6.35. The monoisotopic (exact) mass is 393 g/mol. The summed E-state index contributed by atoms with van der Waals surface area (Å²) in [5.74, 6) is -3.03. The highest BCUT2D eigenvalue weighted by molar-refractivity contribution is 6.36. The van der Waals surface area contributed by atoms with E-state index < -0.39 is 11.8 Å². The van der Waals surface area contributed by atoms with Gasteiger partial charge in [-0.3, -0.25) is 14.6 Å². The number of aromatic nitrogens is 4. The zero-order valence-electron chi connectivity index (χ0n) is 14.6. The number of amides is 1. The van der Waals surface area contributed by atoms with Gasteiger partial charge in [0.1, 0.15) is 0 Å². The van der Waals surface area contributed by atoms with Crippen molar-refractivity contribution in [3.05, 3.63) is 35.2 Å². The first-order valence-corrected chi connectivity index (χ1v) is 9.05. The van der Waals surface area contributed by atoms with E-state index in [1.807, 2.05) is 19.3 Å². The van der Waals surface area contributed by atoms with Gasteiger partial charge in [-0.25, -0.2) is 8.78 Å². The van der Waals surface area contributed by atoms with Gasteiger partial charge in [-0.2, -0.15) is 10.2 Å². The molecule has 2 heterocycles. The van der Waals surface area contributed by atoms with E-state index in [0.717, 1.165) is 11.1 Å². The van der Waals surface area contributed by atoms with Crippen LogP contribution in [0.3, 0.4) is 0 Å². The number of hydrogen-bond donors (Lipinski definition) is 2. The molecule has 3 aromatic rings. The lowest BCUT2D eigenvalue weighted by Crippen LogP contribution is -2.40. The van der Waals surface area contributed by atoms with Crippen LogP contribution in [0.4, 0.5) is 8.78 Å². The van der Waals surface area contributed by atoms with Crippen LogP contribution in [-0.4, -0.2) is 37.8 Å². The molecule has 1 amide bonds. The Hall–Kier alpha value is -2.48. The van der Waals surface area contributed by atoms with Crippen molar-refractivity contribution in [3.8, 4) is 11.1 Å². The molecule has 6 nitrogen and oxygen atoms in total. The highest BCUT2D eigenvalue weighted by Crippen LogP contribution is 2.34. The van der Waals surface area contributed by atoms with Crippen LogP contribution in [0.1, 0.15) is 36.2 Å². The van der Waals surface area contributed by atoms with Gasteiger partial charge >= 0.3 is 0 Å². The van der Waals surface area contributed by atoms with Crippen molar-refractivity contribution < 1.29 is 13.6 Å². The Bertz CT molecular complexity index is 1000. The number of aryl methyl sites for hydroxylation is 1. The molecule has 2 N–H and O–H groups in total. The van der Waals surface area contributed by atoms with Crippen LogP contribution in [0.5, 0.6) is 0 Å². The lowest BCUT2D eigenvalue weighted by molar-refractivity contribution is -0.0399. The highest BCUT2D eigenvalue weighted by Gasteiger charge is 2.35. The fourth-order valence-corrected chi connectivity index (χ4v) is 3.69. The first-order valence-electron chi connectivity index (χ1n) is 8.68. The molecule has 0 unspecified atom stereocenters. The van der Waals surface area contributed by atoms with Gasteiger partial charge < -0.3 is 5.32 Å². The normalized spacial score (nSPS) is 17.3. The minimum absolute atomic E-state index is 0.204. The Kier molecular flexibility index (Phi) is 4.38. The Morgan fingerprint density at radius 3 is 2.74 bits per heavy atom. The van der Waals surface area contributed by atoms with Gasteiger partial charge in [-0.1, -0.05) is 11.6 Å². The van der Waals surface area contributed by atoms with Crippen LogP contribution in [0.2, 0.25) is 5.02 Å². The average Bonchev–Trinajstić information content (AvgIpc) is 3.23. The Morgan fingerprint density at radius 1 is 1.33 bits per heavy atom. The van der Waals surface area contributed by atoms with Crippen molar-refractivity contribution in [2.75, 3.05) is 0 Å². The number of rotatable bonds is 3.